The molecule has 1 fully saturated rings. The molecule has 0 radical (unpaired) electrons. The number of hydrogen-bond acceptors (Lipinski definition) is 4. The molecule has 0 spiro atoms. The van der Waals surface area contributed by atoms with E-state index in [0.717, 1.165) is 25.7 Å². The number of carbonyl (C=O) groups is 3. The third-order valence-corrected chi connectivity index (χ3v) is 4.40. The zero-order chi connectivity index (χ0) is 17.4. The molecule has 0 bridgehead atoms. The summed E-state index contributed by atoms with van der Waals surface area (Å²) in [4.78, 5) is 37.2. The number of hydrogen-bond donors (Lipinski definition) is 3. The maximum absolute atomic E-state index is 12.1. The summed E-state index contributed by atoms with van der Waals surface area (Å²) in [6, 6.07) is -0.362. The first-order valence-electron chi connectivity index (χ1n) is 8.38. The third-order valence-electron chi connectivity index (χ3n) is 4.40. The number of nitrogens with two attached hydrogens (primary N) is 1. The third kappa shape index (κ3) is 7.49. The van der Waals surface area contributed by atoms with Crippen molar-refractivity contribution >= 4 is 30.1 Å². The van der Waals surface area contributed by atoms with Gasteiger partial charge in [0, 0.05) is 13.1 Å². The predicted molar refractivity (Wildman–Crippen MR) is 95.7 cm³/mol. The van der Waals surface area contributed by atoms with Crippen LogP contribution in [0.15, 0.2) is 0 Å². The Balaban J connectivity index is 0.00000529. The summed E-state index contributed by atoms with van der Waals surface area (Å²) in [6.45, 7) is 3.46. The second-order valence-electron chi connectivity index (χ2n) is 6.56. The van der Waals surface area contributed by atoms with Crippen LogP contribution in [0.5, 0.6) is 0 Å². The topological polar surface area (TPSA) is 105 Å². The van der Waals surface area contributed by atoms with Crippen LogP contribution in [0.25, 0.3) is 0 Å². The van der Waals surface area contributed by atoms with Gasteiger partial charge in [-0.15, -0.1) is 12.4 Å². The van der Waals surface area contributed by atoms with Crippen molar-refractivity contribution in [3.8, 4) is 0 Å². The summed E-state index contributed by atoms with van der Waals surface area (Å²) in [7, 11) is 1.79. The smallest absolute Gasteiger partial charge is 0.241 e. The fourth-order valence-corrected chi connectivity index (χ4v) is 2.62. The number of nitrogens with one attached hydrogen (secondary N) is 2. The molecule has 140 valence electrons. The van der Waals surface area contributed by atoms with Crippen molar-refractivity contribution in [1.82, 2.24) is 15.5 Å². The maximum Gasteiger partial charge on any atom is 0.241 e. The lowest BCUT2D eigenvalue weighted by Crippen LogP contribution is -2.49. The van der Waals surface area contributed by atoms with E-state index in [9.17, 15) is 14.4 Å². The highest BCUT2D eigenvalue weighted by molar-refractivity contribution is 5.89. The molecule has 3 amide bonds. The van der Waals surface area contributed by atoms with E-state index in [1.54, 1.807) is 11.9 Å². The van der Waals surface area contributed by atoms with E-state index in [4.69, 9.17) is 5.73 Å². The molecule has 0 aliphatic heterocycles. The van der Waals surface area contributed by atoms with Gasteiger partial charge in [0.25, 0.3) is 0 Å². The van der Waals surface area contributed by atoms with Gasteiger partial charge < -0.3 is 21.3 Å². The molecule has 0 aromatic rings. The number of halogens is 1. The van der Waals surface area contributed by atoms with Crippen LogP contribution in [-0.2, 0) is 14.4 Å². The zero-order valence-corrected chi connectivity index (χ0v) is 15.7. The molecule has 24 heavy (non-hydrogen) atoms. The van der Waals surface area contributed by atoms with Crippen molar-refractivity contribution in [1.29, 1.82) is 0 Å². The van der Waals surface area contributed by atoms with Crippen LogP contribution in [0.4, 0.5) is 0 Å². The first-order valence-corrected chi connectivity index (χ1v) is 8.38. The van der Waals surface area contributed by atoms with Gasteiger partial charge in [0.2, 0.25) is 17.7 Å². The van der Waals surface area contributed by atoms with Crippen molar-refractivity contribution in [3.63, 3.8) is 0 Å². The molecule has 0 unspecified atom stereocenters. The molecule has 0 aromatic heterocycles. The lowest BCUT2D eigenvalue weighted by atomic mass is 9.94. The summed E-state index contributed by atoms with van der Waals surface area (Å²) in [5.74, 6) is -0.847. The normalized spacial score (nSPS) is 16.0. The van der Waals surface area contributed by atoms with Crippen molar-refractivity contribution in [3.05, 3.63) is 0 Å². The minimum absolute atomic E-state index is 0. The number of carbonyl (C=O) groups excluding carboxylic acids is 3. The number of likely N-dealkylation sites (N-methyl/N-ethyl adjacent to an activating group) is 1. The molecule has 1 atom stereocenters. The van der Waals surface area contributed by atoms with Crippen LogP contribution < -0.4 is 16.4 Å². The lowest BCUT2D eigenvalue weighted by molar-refractivity contribution is -0.134. The SMILES string of the molecule is CC(C)[C@H](N)C(=O)NCC(=O)NCC(=O)N(C)C1CCCCC1.Cl. The largest absolute Gasteiger partial charge is 0.346 e. The van der Waals surface area contributed by atoms with Crippen LogP contribution in [-0.4, -0.2) is 54.8 Å². The van der Waals surface area contributed by atoms with Crippen molar-refractivity contribution in [2.45, 2.75) is 58.0 Å². The fraction of sp³-hybridized carbons (Fsp3) is 0.812. The van der Waals surface area contributed by atoms with Gasteiger partial charge in [-0.3, -0.25) is 14.4 Å². The van der Waals surface area contributed by atoms with E-state index in [1.807, 2.05) is 13.8 Å². The van der Waals surface area contributed by atoms with Gasteiger partial charge in [0.1, 0.15) is 0 Å². The van der Waals surface area contributed by atoms with Crippen molar-refractivity contribution in [2.75, 3.05) is 20.1 Å². The highest BCUT2D eigenvalue weighted by atomic mass is 35.5. The number of rotatable bonds is 7. The Hall–Kier alpha value is -1.34. The van der Waals surface area contributed by atoms with Crippen molar-refractivity contribution < 1.29 is 14.4 Å². The van der Waals surface area contributed by atoms with E-state index in [1.165, 1.54) is 6.42 Å². The standard InChI is InChI=1S/C16H30N4O3.ClH/c1-11(2)15(17)16(23)19-9-13(21)18-10-14(22)20(3)12-7-5-4-6-8-12;/h11-12,15H,4-10,17H2,1-3H3,(H,18,21)(H,19,23);1H/t15-;/m0./s1. The molecule has 1 aliphatic rings. The van der Waals surface area contributed by atoms with E-state index in [0.29, 0.717) is 0 Å². The maximum atomic E-state index is 12.1. The molecule has 8 heteroatoms. The summed E-state index contributed by atoms with van der Waals surface area (Å²) in [5.41, 5.74) is 5.69. The monoisotopic (exact) mass is 362 g/mol. The van der Waals surface area contributed by atoms with E-state index in [2.05, 4.69) is 10.6 Å². The number of amides is 3. The molecule has 0 heterocycles. The minimum Gasteiger partial charge on any atom is -0.346 e. The average Bonchev–Trinajstić information content (AvgIpc) is 2.56. The summed E-state index contributed by atoms with van der Waals surface area (Å²) in [5, 5.41) is 5.02. The molecule has 7 nitrogen and oxygen atoms in total. The Morgan fingerprint density at radius 1 is 1.08 bits per heavy atom. The Bertz CT molecular complexity index is 426. The first kappa shape index (κ1) is 22.7. The highest BCUT2D eigenvalue weighted by Gasteiger charge is 2.22. The van der Waals surface area contributed by atoms with Crippen LogP contribution in [0, 0.1) is 5.92 Å². The molecule has 4 N–H and O–H groups in total. The summed E-state index contributed by atoms with van der Waals surface area (Å²) < 4.78 is 0. The van der Waals surface area contributed by atoms with Gasteiger partial charge in [-0.1, -0.05) is 33.1 Å². The second kappa shape index (κ2) is 11.3. The van der Waals surface area contributed by atoms with Gasteiger partial charge in [0.15, 0.2) is 0 Å². The Kier molecular flexibility index (Phi) is 10.6. The van der Waals surface area contributed by atoms with Crippen molar-refractivity contribution in [2.24, 2.45) is 11.7 Å². The molecule has 1 saturated carbocycles. The molecule has 1 aliphatic carbocycles. The Morgan fingerprint density at radius 2 is 1.67 bits per heavy atom. The van der Waals surface area contributed by atoms with Gasteiger partial charge in [0.05, 0.1) is 19.1 Å². The van der Waals surface area contributed by atoms with E-state index < -0.39 is 6.04 Å². The van der Waals surface area contributed by atoms with Crippen LogP contribution in [0.1, 0.15) is 46.0 Å². The molecular weight excluding hydrogens is 332 g/mol. The van der Waals surface area contributed by atoms with Crippen LogP contribution in [0.3, 0.4) is 0 Å². The van der Waals surface area contributed by atoms with Gasteiger partial charge >= 0.3 is 0 Å². The van der Waals surface area contributed by atoms with Crippen LogP contribution >= 0.6 is 12.4 Å². The average molecular weight is 363 g/mol. The lowest BCUT2D eigenvalue weighted by Gasteiger charge is -2.31. The zero-order valence-electron chi connectivity index (χ0n) is 14.8. The molecule has 0 saturated heterocycles. The Morgan fingerprint density at radius 3 is 2.21 bits per heavy atom. The highest BCUT2D eigenvalue weighted by Crippen LogP contribution is 2.21. The first-order chi connectivity index (χ1) is 10.8. The second-order valence-corrected chi connectivity index (χ2v) is 6.56. The molecular formula is C16H31ClN4O3. The van der Waals surface area contributed by atoms with E-state index >= 15 is 0 Å². The predicted octanol–water partition coefficient (Wildman–Crippen LogP) is 0.415. The summed E-state index contributed by atoms with van der Waals surface area (Å²) >= 11 is 0. The van der Waals surface area contributed by atoms with Gasteiger partial charge in [-0.2, -0.15) is 0 Å². The van der Waals surface area contributed by atoms with E-state index in [-0.39, 0.29) is 55.2 Å². The quantitative estimate of drug-likeness (QED) is 0.610. The van der Waals surface area contributed by atoms with Gasteiger partial charge in [-0.25, -0.2) is 0 Å². The molecule has 1 rings (SSSR count). The van der Waals surface area contributed by atoms with Crippen LogP contribution in [0.2, 0.25) is 0 Å². The Labute approximate surface area is 150 Å². The number of nitrogens with zero attached hydrogens (tertiary/aromatic N) is 1. The fourth-order valence-electron chi connectivity index (χ4n) is 2.62. The van der Waals surface area contributed by atoms with Gasteiger partial charge in [-0.05, 0) is 18.8 Å². The summed E-state index contributed by atoms with van der Waals surface area (Å²) in [6.07, 6.45) is 5.58. The minimum atomic E-state index is -0.637. The molecule has 0 aromatic carbocycles.